The number of alkyl halides is 7. The van der Waals surface area contributed by atoms with Gasteiger partial charge in [0.2, 0.25) is 0 Å². The van der Waals surface area contributed by atoms with Crippen LogP contribution < -0.4 is 0 Å². The van der Waals surface area contributed by atoms with Crippen LogP contribution in [-0.4, -0.2) is 48.7 Å². The van der Waals surface area contributed by atoms with E-state index in [4.69, 9.17) is 14.6 Å². The maximum atomic E-state index is 13.2. The second-order valence-corrected chi connectivity index (χ2v) is 4.48. The van der Waals surface area contributed by atoms with Gasteiger partial charge in [0.15, 0.2) is 6.29 Å². The van der Waals surface area contributed by atoms with E-state index in [-0.39, 0.29) is 6.61 Å². The second-order valence-electron chi connectivity index (χ2n) is 4.48. The third kappa shape index (κ3) is 4.74. The predicted octanol–water partition coefficient (Wildman–Crippen LogP) is 2.72. The van der Waals surface area contributed by atoms with E-state index < -0.39 is 56.3 Å². The van der Waals surface area contributed by atoms with Gasteiger partial charge in [-0.25, -0.2) is 8.78 Å². The van der Waals surface area contributed by atoms with Crippen molar-refractivity contribution in [3.05, 3.63) is 0 Å². The quantitative estimate of drug-likeness (QED) is 0.766. The van der Waals surface area contributed by atoms with Crippen LogP contribution in [0.15, 0.2) is 0 Å². The van der Waals surface area contributed by atoms with Crippen LogP contribution in [-0.2, 0) is 9.47 Å². The summed E-state index contributed by atoms with van der Waals surface area (Å²) in [6.07, 6.45) is -12.1. The Morgan fingerprint density at radius 2 is 1.65 bits per heavy atom. The van der Waals surface area contributed by atoms with E-state index in [0.717, 1.165) is 0 Å². The van der Waals surface area contributed by atoms with Crippen LogP contribution in [0.3, 0.4) is 0 Å². The molecule has 120 valence electrons. The van der Waals surface area contributed by atoms with Crippen molar-refractivity contribution in [1.82, 2.24) is 0 Å². The van der Waals surface area contributed by atoms with Gasteiger partial charge in [0.25, 0.3) is 5.92 Å². The summed E-state index contributed by atoms with van der Waals surface area (Å²) in [5.41, 5.74) is 0. The highest BCUT2D eigenvalue weighted by Gasteiger charge is 2.61. The lowest BCUT2D eigenvalue weighted by Gasteiger charge is -2.25. The number of hydrogen-bond donors (Lipinski definition) is 1. The Morgan fingerprint density at radius 1 is 1.05 bits per heavy atom. The van der Waals surface area contributed by atoms with Crippen molar-refractivity contribution >= 4 is 0 Å². The number of rotatable bonds is 6. The molecule has 0 radical (unpaired) electrons. The first kappa shape index (κ1) is 17.4. The van der Waals surface area contributed by atoms with Crippen molar-refractivity contribution in [2.45, 2.75) is 49.7 Å². The third-order valence-electron chi connectivity index (χ3n) is 2.69. The van der Waals surface area contributed by atoms with Crippen molar-refractivity contribution in [1.29, 1.82) is 0 Å². The molecule has 2 atom stereocenters. The predicted molar refractivity (Wildman–Crippen MR) is 51.5 cm³/mol. The molecule has 0 bridgehead atoms. The van der Waals surface area contributed by atoms with Gasteiger partial charge in [0.1, 0.15) is 0 Å². The van der Waals surface area contributed by atoms with Gasteiger partial charge in [-0.1, -0.05) is 0 Å². The molecule has 3 nitrogen and oxygen atoms in total. The molecular formula is C10H13F7O3. The molecule has 0 spiro atoms. The molecule has 1 saturated heterocycles. The summed E-state index contributed by atoms with van der Waals surface area (Å²) >= 11 is 0. The summed E-state index contributed by atoms with van der Waals surface area (Å²) in [7, 11) is 0. The summed E-state index contributed by atoms with van der Waals surface area (Å²) in [4.78, 5) is 0. The van der Waals surface area contributed by atoms with Crippen LogP contribution in [0, 0.1) is 0 Å². The fourth-order valence-electron chi connectivity index (χ4n) is 1.64. The topological polar surface area (TPSA) is 38.7 Å². The van der Waals surface area contributed by atoms with Crippen molar-refractivity contribution in [3.63, 3.8) is 0 Å². The highest BCUT2D eigenvalue weighted by molar-refractivity contribution is 4.84. The average molecular weight is 314 g/mol. The molecule has 0 aromatic heterocycles. The SMILES string of the molecule is OCC1OCC(CCC(F)(F)CC(F)(F)C(F)(F)F)O1. The van der Waals surface area contributed by atoms with Crippen molar-refractivity contribution in [2.75, 3.05) is 13.2 Å². The second kappa shape index (κ2) is 6.02. The summed E-state index contributed by atoms with van der Waals surface area (Å²) < 4.78 is 96.6. The average Bonchev–Trinajstić information content (AvgIpc) is 2.71. The molecule has 0 aromatic rings. The van der Waals surface area contributed by atoms with Gasteiger partial charge in [-0.05, 0) is 6.42 Å². The first-order valence-corrected chi connectivity index (χ1v) is 5.67. The maximum Gasteiger partial charge on any atom is 0.453 e. The van der Waals surface area contributed by atoms with Crippen molar-refractivity contribution in [3.8, 4) is 0 Å². The molecule has 1 fully saturated rings. The molecule has 2 unspecified atom stereocenters. The van der Waals surface area contributed by atoms with Crippen LogP contribution >= 0.6 is 0 Å². The summed E-state index contributed by atoms with van der Waals surface area (Å²) in [6.45, 7) is -0.629. The number of halogens is 7. The summed E-state index contributed by atoms with van der Waals surface area (Å²) in [5, 5.41) is 8.63. The Labute approximate surface area is 109 Å². The lowest BCUT2D eigenvalue weighted by Crippen LogP contribution is -2.42. The zero-order chi connectivity index (χ0) is 15.6. The highest BCUT2D eigenvalue weighted by atomic mass is 19.4. The van der Waals surface area contributed by atoms with E-state index in [2.05, 4.69) is 0 Å². The smallest absolute Gasteiger partial charge is 0.391 e. The zero-order valence-corrected chi connectivity index (χ0v) is 10.1. The zero-order valence-electron chi connectivity index (χ0n) is 10.1. The molecule has 1 aliphatic heterocycles. The fraction of sp³-hybridized carbons (Fsp3) is 1.00. The minimum atomic E-state index is -6.01. The Hall–Kier alpha value is -0.610. The number of ether oxygens (including phenoxy) is 2. The standard InChI is InChI=1S/C10H13F7O3/c11-8(12,5-9(13,14)10(15,16)17)2-1-6-4-19-7(3-18)20-6/h6-7,18H,1-5H2. The largest absolute Gasteiger partial charge is 0.453 e. The molecule has 0 aromatic carbocycles. The van der Waals surface area contributed by atoms with Crippen LogP contribution in [0.2, 0.25) is 0 Å². The monoisotopic (exact) mass is 314 g/mol. The van der Waals surface area contributed by atoms with Gasteiger partial charge in [0, 0.05) is 6.42 Å². The van der Waals surface area contributed by atoms with Crippen LogP contribution in [0.4, 0.5) is 30.7 Å². The lowest BCUT2D eigenvalue weighted by atomic mass is 10.0. The summed E-state index contributed by atoms with van der Waals surface area (Å²) in [5.74, 6) is -9.63. The molecule has 0 saturated carbocycles. The molecule has 1 aliphatic rings. The van der Waals surface area contributed by atoms with E-state index in [1.165, 1.54) is 0 Å². The van der Waals surface area contributed by atoms with E-state index >= 15 is 0 Å². The Bertz CT molecular complexity index is 318. The number of aliphatic hydroxyl groups excluding tert-OH is 1. The van der Waals surface area contributed by atoms with Gasteiger partial charge in [0.05, 0.1) is 25.7 Å². The van der Waals surface area contributed by atoms with E-state index in [1.807, 2.05) is 0 Å². The minimum Gasteiger partial charge on any atom is -0.391 e. The highest BCUT2D eigenvalue weighted by Crippen LogP contribution is 2.44. The third-order valence-corrected chi connectivity index (χ3v) is 2.69. The molecule has 10 heteroatoms. The fourth-order valence-corrected chi connectivity index (χ4v) is 1.64. The van der Waals surface area contributed by atoms with Gasteiger partial charge < -0.3 is 14.6 Å². The van der Waals surface area contributed by atoms with Gasteiger partial charge in [-0.3, -0.25) is 0 Å². The number of aliphatic hydroxyl groups is 1. The molecule has 1 heterocycles. The van der Waals surface area contributed by atoms with E-state index in [9.17, 15) is 30.7 Å². The van der Waals surface area contributed by atoms with Gasteiger partial charge in [-0.2, -0.15) is 22.0 Å². The minimum absolute atomic E-state index is 0.128. The number of hydrogen-bond acceptors (Lipinski definition) is 3. The van der Waals surface area contributed by atoms with Crippen molar-refractivity contribution in [2.24, 2.45) is 0 Å². The molecule has 0 aliphatic carbocycles. The first-order chi connectivity index (χ1) is 8.97. The van der Waals surface area contributed by atoms with E-state index in [0.29, 0.717) is 0 Å². The lowest BCUT2D eigenvalue weighted by molar-refractivity contribution is -0.301. The molecular weight excluding hydrogens is 301 g/mol. The van der Waals surface area contributed by atoms with Gasteiger partial charge in [-0.15, -0.1) is 0 Å². The Kier molecular flexibility index (Phi) is 5.25. The van der Waals surface area contributed by atoms with Gasteiger partial charge >= 0.3 is 12.1 Å². The molecule has 0 amide bonds. The maximum absolute atomic E-state index is 13.2. The van der Waals surface area contributed by atoms with Crippen LogP contribution in [0.25, 0.3) is 0 Å². The molecule has 1 rings (SSSR count). The first-order valence-electron chi connectivity index (χ1n) is 5.67. The summed E-state index contributed by atoms with van der Waals surface area (Å²) in [6, 6.07) is 0. The Morgan fingerprint density at radius 3 is 2.10 bits per heavy atom. The van der Waals surface area contributed by atoms with Crippen LogP contribution in [0.1, 0.15) is 19.3 Å². The Balaban J connectivity index is 2.46. The van der Waals surface area contributed by atoms with E-state index in [1.54, 1.807) is 0 Å². The molecule has 1 N–H and O–H groups in total. The molecule has 20 heavy (non-hydrogen) atoms. The van der Waals surface area contributed by atoms with Crippen molar-refractivity contribution < 1.29 is 45.3 Å². The van der Waals surface area contributed by atoms with Crippen LogP contribution in [0.5, 0.6) is 0 Å². The normalized spacial score (nSPS) is 25.2.